The highest BCUT2D eigenvalue weighted by atomic mass is 35.5. The maximum atomic E-state index is 5.64. The summed E-state index contributed by atoms with van der Waals surface area (Å²) < 4.78 is 5.64. The maximum absolute atomic E-state index is 5.64. The van der Waals surface area contributed by atoms with E-state index in [9.17, 15) is 0 Å². The fraction of sp³-hybridized carbons (Fsp3) is 0.286. The molecule has 1 aliphatic rings. The predicted molar refractivity (Wildman–Crippen MR) is 75.5 cm³/mol. The minimum absolute atomic E-state index is 0. The lowest BCUT2D eigenvalue weighted by Crippen LogP contribution is -2.25. The van der Waals surface area contributed by atoms with Gasteiger partial charge in [-0.15, -0.1) is 12.4 Å². The van der Waals surface area contributed by atoms with Gasteiger partial charge in [-0.1, -0.05) is 18.2 Å². The van der Waals surface area contributed by atoms with Gasteiger partial charge < -0.3 is 10.1 Å². The number of ether oxygens (including phenoxy) is 1. The number of benzene rings is 1. The molecule has 0 bridgehead atoms. The molecule has 0 aliphatic carbocycles. The second-order valence-electron chi connectivity index (χ2n) is 4.29. The van der Waals surface area contributed by atoms with Crippen LogP contribution in [0, 0.1) is 0 Å². The van der Waals surface area contributed by atoms with E-state index < -0.39 is 0 Å². The molecule has 0 amide bonds. The predicted octanol–water partition coefficient (Wildman–Crippen LogP) is 2.12. The zero-order valence-corrected chi connectivity index (χ0v) is 11.3. The molecule has 0 saturated heterocycles. The molecule has 100 valence electrons. The summed E-state index contributed by atoms with van der Waals surface area (Å²) in [6.07, 6.45) is 2.87. The molecule has 2 aromatic rings. The summed E-state index contributed by atoms with van der Waals surface area (Å²) in [4.78, 5) is 8.88. The third-order valence-corrected chi connectivity index (χ3v) is 2.97. The molecule has 0 saturated carbocycles. The molecule has 5 heteroatoms. The Morgan fingerprint density at radius 3 is 2.89 bits per heavy atom. The van der Waals surface area contributed by atoms with Crippen molar-refractivity contribution in [2.45, 2.75) is 19.6 Å². The normalized spacial score (nSPS) is 13.3. The van der Waals surface area contributed by atoms with Gasteiger partial charge in [-0.25, -0.2) is 9.97 Å². The molecule has 3 rings (SSSR count). The number of nitrogens with one attached hydrogen (secondary N) is 1. The fourth-order valence-electron chi connectivity index (χ4n) is 2.01. The molecular formula is C14H16ClN3O. The molecule has 0 atom stereocenters. The molecule has 1 N–H and O–H groups in total. The fourth-order valence-corrected chi connectivity index (χ4v) is 2.01. The van der Waals surface area contributed by atoms with E-state index in [1.54, 1.807) is 0 Å². The van der Waals surface area contributed by atoms with Crippen LogP contribution in [0.5, 0.6) is 5.75 Å². The van der Waals surface area contributed by atoms with Crippen LogP contribution in [-0.2, 0) is 19.6 Å². The first kappa shape index (κ1) is 13.8. The highest BCUT2D eigenvalue weighted by molar-refractivity contribution is 5.85. The van der Waals surface area contributed by atoms with E-state index in [0.717, 1.165) is 36.8 Å². The van der Waals surface area contributed by atoms with E-state index in [2.05, 4.69) is 15.3 Å². The Labute approximate surface area is 118 Å². The van der Waals surface area contributed by atoms with Crippen LogP contribution in [-0.4, -0.2) is 16.5 Å². The molecule has 19 heavy (non-hydrogen) atoms. The van der Waals surface area contributed by atoms with E-state index in [0.29, 0.717) is 6.61 Å². The van der Waals surface area contributed by atoms with E-state index in [4.69, 9.17) is 4.74 Å². The molecule has 1 aliphatic heterocycles. The number of hydrogen-bond donors (Lipinski definition) is 1. The Hall–Kier alpha value is -1.65. The number of nitrogens with zero attached hydrogens (tertiary/aromatic N) is 2. The van der Waals surface area contributed by atoms with Gasteiger partial charge in [0.15, 0.2) is 5.82 Å². The van der Waals surface area contributed by atoms with Gasteiger partial charge in [-0.05, 0) is 12.1 Å². The number of rotatable bonds is 3. The van der Waals surface area contributed by atoms with Crippen molar-refractivity contribution in [1.29, 1.82) is 0 Å². The van der Waals surface area contributed by atoms with Crippen LogP contribution in [0.4, 0.5) is 0 Å². The lowest BCUT2D eigenvalue weighted by molar-refractivity contribution is 0.295. The first-order chi connectivity index (χ1) is 8.92. The van der Waals surface area contributed by atoms with Crippen molar-refractivity contribution in [3.05, 3.63) is 53.6 Å². The second-order valence-corrected chi connectivity index (χ2v) is 4.29. The highest BCUT2D eigenvalue weighted by Crippen LogP contribution is 2.13. The first-order valence-corrected chi connectivity index (χ1v) is 6.14. The Bertz CT molecular complexity index is 533. The summed E-state index contributed by atoms with van der Waals surface area (Å²) in [5.74, 6) is 1.60. The van der Waals surface area contributed by atoms with Gasteiger partial charge >= 0.3 is 0 Å². The van der Waals surface area contributed by atoms with Gasteiger partial charge in [0, 0.05) is 37.0 Å². The molecule has 0 unspecified atom stereocenters. The Morgan fingerprint density at radius 1 is 1.21 bits per heavy atom. The molecule has 0 radical (unpaired) electrons. The van der Waals surface area contributed by atoms with Crippen LogP contribution in [0.1, 0.15) is 17.1 Å². The zero-order valence-electron chi connectivity index (χ0n) is 10.5. The van der Waals surface area contributed by atoms with Gasteiger partial charge in [0.1, 0.15) is 12.4 Å². The minimum atomic E-state index is 0. The molecule has 2 heterocycles. The average Bonchev–Trinajstić information content (AvgIpc) is 2.46. The van der Waals surface area contributed by atoms with Gasteiger partial charge in [-0.2, -0.15) is 0 Å². The smallest absolute Gasteiger partial charge is 0.166 e. The van der Waals surface area contributed by atoms with Gasteiger partial charge in [-0.3, -0.25) is 0 Å². The van der Waals surface area contributed by atoms with Crippen LogP contribution in [0.2, 0.25) is 0 Å². The number of para-hydroxylation sites is 1. The van der Waals surface area contributed by atoms with Gasteiger partial charge in [0.25, 0.3) is 0 Å². The summed E-state index contributed by atoms with van der Waals surface area (Å²) in [5.41, 5.74) is 2.35. The molecule has 1 aromatic heterocycles. The quantitative estimate of drug-likeness (QED) is 0.934. The standard InChI is InChI=1S/C14H15N3O.ClH/c1-2-4-12(5-3-1)18-10-14-16-9-11-8-15-7-6-13(11)17-14;/h1-5,9,15H,6-8,10H2;1H. The lowest BCUT2D eigenvalue weighted by Gasteiger charge is -2.16. The van der Waals surface area contributed by atoms with Crippen molar-refractivity contribution in [3.8, 4) is 5.75 Å². The third-order valence-electron chi connectivity index (χ3n) is 2.97. The number of halogens is 1. The topological polar surface area (TPSA) is 47.0 Å². The SMILES string of the molecule is Cl.c1ccc(OCc2ncc3c(n2)CCNC3)cc1. The van der Waals surface area contributed by atoms with Gasteiger partial charge in [0.2, 0.25) is 0 Å². The average molecular weight is 278 g/mol. The van der Waals surface area contributed by atoms with E-state index in [1.165, 1.54) is 5.56 Å². The third kappa shape index (κ3) is 3.43. The van der Waals surface area contributed by atoms with Crippen molar-refractivity contribution in [2.24, 2.45) is 0 Å². The van der Waals surface area contributed by atoms with E-state index >= 15 is 0 Å². The number of hydrogen-bond acceptors (Lipinski definition) is 4. The van der Waals surface area contributed by atoms with Gasteiger partial charge in [0.05, 0.1) is 0 Å². The summed E-state index contributed by atoms with van der Waals surface area (Å²) in [6, 6.07) is 9.74. The van der Waals surface area contributed by atoms with Crippen LogP contribution < -0.4 is 10.1 Å². The number of fused-ring (bicyclic) bond motifs is 1. The van der Waals surface area contributed by atoms with Crippen molar-refractivity contribution in [2.75, 3.05) is 6.54 Å². The van der Waals surface area contributed by atoms with Crippen molar-refractivity contribution in [1.82, 2.24) is 15.3 Å². The van der Waals surface area contributed by atoms with Crippen molar-refractivity contribution in [3.63, 3.8) is 0 Å². The largest absolute Gasteiger partial charge is 0.486 e. The Morgan fingerprint density at radius 2 is 2.05 bits per heavy atom. The molecular weight excluding hydrogens is 262 g/mol. The highest BCUT2D eigenvalue weighted by Gasteiger charge is 2.11. The molecule has 1 aromatic carbocycles. The van der Waals surface area contributed by atoms with Crippen LogP contribution >= 0.6 is 12.4 Å². The van der Waals surface area contributed by atoms with Crippen LogP contribution in [0.15, 0.2) is 36.5 Å². The summed E-state index contributed by atoms with van der Waals surface area (Å²) in [7, 11) is 0. The van der Waals surface area contributed by atoms with Crippen LogP contribution in [0.3, 0.4) is 0 Å². The molecule has 0 fully saturated rings. The van der Waals surface area contributed by atoms with E-state index in [-0.39, 0.29) is 12.4 Å². The molecule has 0 spiro atoms. The monoisotopic (exact) mass is 277 g/mol. The zero-order chi connectivity index (χ0) is 12.2. The minimum Gasteiger partial charge on any atom is -0.486 e. The second kappa shape index (κ2) is 6.50. The molecule has 4 nitrogen and oxygen atoms in total. The van der Waals surface area contributed by atoms with Crippen molar-refractivity contribution >= 4 is 12.4 Å². The summed E-state index contributed by atoms with van der Waals surface area (Å²) in [6.45, 7) is 2.28. The van der Waals surface area contributed by atoms with Crippen molar-refractivity contribution < 1.29 is 4.74 Å². The summed E-state index contributed by atoms with van der Waals surface area (Å²) >= 11 is 0. The summed E-state index contributed by atoms with van der Waals surface area (Å²) in [5, 5.41) is 3.31. The van der Waals surface area contributed by atoms with E-state index in [1.807, 2.05) is 36.5 Å². The maximum Gasteiger partial charge on any atom is 0.166 e. The van der Waals surface area contributed by atoms with Crippen LogP contribution in [0.25, 0.3) is 0 Å². The number of aromatic nitrogens is 2. The lowest BCUT2D eigenvalue weighted by atomic mass is 10.1. The Kier molecular flexibility index (Phi) is 4.71. The Balaban J connectivity index is 0.00000133. The first-order valence-electron chi connectivity index (χ1n) is 6.14.